The van der Waals surface area contributed by atoms with Crippen LogP contribution in [0.15, 0.2) is 78.5 Å². The number of allylic oxidation sites excluding steroid dienone is 2. The SMILES string of the molecule is CC/C=C(\C=C\c1cc2ccccc2cc1N)N1CCN(Cc2ccc(F)cc2)CC1. The van der Waals surface area contributed by atoms with Crippen molar-refractivity contribution in [2.24, 2.45) is 0 Å². The largest absolute Gasteiger partial charge is 0.398 e. The van der Waals surface area contributed by atoms with E-state index in [1.165, 1.54) is 28.6 Å². The molecule has 2 N–H and O–H groups in total. The fourth-order valence-electron chi connectivity index (χ4n) is 4.12. The molecule has 1 aliphatic rings. The summed E-state index contributed by atoms with van der Waals surface area (Å²) in [5, 5.41) is 2.37. The fraction of sp³-hybridized carbons (Fsp3) is 0.259. The van der Waals surface area contributed by atoms with Gasteiger partial charge in [0.2, 0.25) is 0 Å². The molecule has 0 bridgehead atoms. The van der Waals surface area contributed by atoms with Gasteiger partial charge in [0.25, 0.3) is 0 Å². The number of piperazine rings is 1. The Morgan fingerprint density at radius 3 is 2.32 bits per heavy atom. The van der Waals surface area contributed by atoms with Gasteiger partial charge in [0, 0.05) is 44.1 Å². The Morgan fingerprint density at radius 2 is 1.65 bits per heavy atom. The summed E-state index contributed by atoms with van der Waals surface area (Å²) >= 11 is 0. The minimum Gasteiger partial charge on any atom is -0.398 e. The van der Waals surface area contributed by atoms with E-state index in [2.05, 4.69) is 59.2 Å². The van der Waals surface area contributed by atoms with Gasteiger partial charge in [-0.25, -0.2) is 4.39 Å². The average molecular weight is 416 g/mol. The van der Waals surface area contributed by atoms with Crippen LogP contribution in [0.1, 0.15) is 24.5 Å². The molecule has 3 nitrogen and oxygen atoms in total. The highest BCUT2D eigenvalue weighted by Gasteiger charge is 2.17. The average Bonchev–Trinajstić information content (AvgIpc) is 2.79. The fourth-order valence-corrected chi connectivity index (χ4v) is 4.12. The standard InChI is InChI=1S/C27H30FN3/c1-2-5-26(13-10-24-18-22-6-3-4-7-23(22)19-27(24)29)31-16-14-30(15-17-31)20-21-8-11-25(28)12-9-21/h3-13,18-19H,2,14-17,20,29H2,1H3/b13-10+,26-5+. The Morgan fingerprint density at radius 1 is 0.968 bits per heavy atom. The van der Waals surface area contributed by atoms with Gasteiger partial charge in [-0.15, -0.1) is 0 Å². The van der Waals surface area contributed by atoms with E-state index in [0.717, 1.165) is 56.0 Å². The minimum absolute atomic E-state index is 0.179. The summed E-state index contributed by atoms with van der Waals surface area (Å²) in [6.45, 7) is 6.97. The van der Waals surface area contributed by atoms with Crippen LogP contribution in [0.3, 0.4) is 0 Å². The Bertz CT molecular complexity index is 1080. The van der Waals surface area contributed by atoms with Crippen LogP contribution in [0.25, 0.3) is 16.8 Å². The van der Waals surface area contributed by atoms with E-state index in [-0.39, 0.29) is 5.82 Å². The number of hydrogen-bond acceptors (Lipinski definition) is 3. The van der Waals surface area contributed by atoms with E-state index in [9.17, 15) is 4.39 Å². The van der Waals surface area contributed by atoms with Crippen molar-refractivity contribution < 1.29 is 4.39 Å². The lowest BCUT2D eigenvalue weighted by Crippen LogP contribution is -2.45. The smallest absolute Gasteiger partial charge is 0.123 e. The number of fused-ring (bicyclic) bond motifs is 1. The Hall–Kier alpha value is -3.11. The first kappa shape index (κ1) is 21.1. The highest BCUT2D eigenvalue weighted by atomic mass is 19.1. The molecule has 1 heterocycles. The number of anilines is 1. The number of halogens is 1. The highest BCUT2D eigenvalue weighted by Crippen LogP contribution is 2.24. The second-order valence-electron chi connectivity index (χ2n) is 8.09. The second-order valence-corrected chi connectivity index (χ2v) is 8.09. The molecule has 31 heavy (non-hydrogen) atoms. The minimum atomic E-state index is -0.179. The van der Waals surface area contributed by atoms with E-state index in [4.69, 9.17) is 5.73 Å². The number of hydrogen-bond donors (Lipinski definition) is 1. The summed E-state index contributed by atoms with van der Waals surface area (Å²) in [7, 11) is 0. The van der Waals surface area contributed by atoms with Crippen molar-refractivity contribution in [1.82, 2.24) is 9.80 Å². The maximum Gasteiger partial charge on any atom is 0.123 e. The van der Waals surface area contributed by atoms with Crippen molar-refractivity contribution in [1.29, 1.82) is 0 Å². The normalized spacial score (nSPS) is 15.8. The third kappa shape index (κ3) is 5.33. The molecule has 0 saturated carbocycles. The molecule has 1 fully saturated rings. The molecule has 4 rings (SSSR count). The topological polar surface area (TPSA) is 32.5 Å². The molecule has 3 aromatic rings. The van der Waals surface area contributed by atoms with Crippen molar-refractivity contribution in [2.75, 3.05) is 31.9 Å². The summed E-state index contributed by atoms with van der Waals surface area (Å²) in [6.07, 6.45) is 7.60. The van der Waals surface area contributed by atoms with Crippen LogP contribution in [0, 0.1) is 5.82 Å². The van der Waals surface area contributed by atoms with Crippen molar-refractivity contribution in [2.45, 2.75) is 19.9 Å². The molecule has 1 saturated heterocycles. The third-order valence-electron chi connectivity index (χ3n) is 5.86. The van der Waals surface area contributed by atoms with Crippen molar-refractivity contribution in [3.05, 3.63) is 95.5 Å². The van der Waals surface area contributed by atoms with Crippen molar-refractivity contribution in [3.63, 3.8) is 0 Å². The summed E-state index contributed by atoms with van der Waals surface area (Å²) in [6, 6.07) is 19.3. The van der Waals surface area contributed by atoms with Gasteiger partial charge in [-0.2, -0.15) is 0 Å². The molecule has 0 atom stereocenters. The molecule has 4 heteroatoms. The Labute approximate surface area is 184 Å². The number of nitrogens with two attached hydrogens (primary N) is 1. The Kier molecular flexibility index (Phi) is 6.68. The van der Waals surface area contributed by atoms with Crippen LogP contribution in [0.4, 0.5) is 10.1 Å². The number of rotatable bonds is 6. The molecule has 0 radical (unpaired) electrons. The van der Waals surface area contributed by atoms with Gasteiger partial charge < -0.3 is 10.6 Å². The van der Waals surface area contributed by atoms with Crippen LogP contribution in [-0.4, -0.2) is 36.0 Å². The molecular weight excluding hydrogens is 385 g/mol. The van der Waals surface area contributed by atoms with E-state index in [0.29, 0.717) is 0 Å². The summed E-state index contributed by atoms with van der Waals surface area (Å²) in [5.74, 6) is -0.179. The summed E-state index contributed by atoms with van der Waals surface area (Å²) in [5.41, 5.74) is 10.6. The number of benzene rings is 3. The highest BCUT2D eigenvalue weighted by molar-refractivity contribution is 5.89. The molecule has 0 spiro atoms. The summed E-state index contributed by atoms with van der Waals surface area (Å²) < 4.78 is 13.1. The van der Waals surface area contributed by atoms with E-state index < -0.39 is 0 Å². The van der Waals surface area contributed by atoms with Gasteiger partial charge in [-0.05, 0) is 58.7 Å². The van der Waals surface area contributed by atoms with E-state index in [1.54, 1.807) is 0 Å². The first-order valence-corrected chi connectivity index (χ1v) is 11.0. The van der Waals surface area contributed by atoms with E-state index >= 15 is 0 Å². The predicted molar refractivity (Wildman–Crippen MR) is 129 cm³/mol. The lowest BCUT2D eigenvalue weighted by atomic mass is 10.0. The zero-order chi connectivity index (χ0) is 21.6. The molecule has 0 amide bonds. The molecule has 0 aliphatic carbocycles. The molecular formula is C27H30FN3. The van der Waals surface area contributed by atoms with Crippen molar-refractivity contribution >= 4 is 22.5 Å². The van der Waals surface area contributed by atoms with Gasteiger partial charge >= 0.3 is 0 Å². The lowest BCUT2D eigenvalue weighted by Gasteiger charge is -2.36. The molecule has 160 valence electrons. The molecule has 0 unspecified atom stereocenters. The first-order chi connectivity index (χ1) is 15.1. The molecule has 0 aromatic heterocycles. The van der Waals surface area contributed by atoms with Gasteiger partial charge in [-0.3, -0.25) is 4.90 Å². The first-order valence-electron chi connectivity index (χ1n) is 11.0. The predicted octanol–water partition coefficient (Wildman–Crippen LogP) is 5.69. The zero-order valence-electron chi connectivity index (χ0n) is 18.1. The lowest BCUT2D eigenvalue weighted by molar-refractivity contribution is 0.155. The van der Waals surface area contributed by atoms with Crippen LogP contribution < -0.4 is 5.73 Å². The van der Waals surface area contributed by atoms with Gasteiger partial charge in [0.15, 0.2) is 0 Å². The monoisotopic (exact) mass is 415 g/mol. The van der Waals surface area contributed by atoms with Crippen LogP contribution >= 0.6 is 0 Å². The van der Waals surface area contributed by atoms with Crippen molar-refractivity contribution in [3.8, 4) is 0 Å². The maximum absolute atomic E-state index is 13.1. The summed E-state index contributed by atoms with van der Waals surface area (Å²) in [4.78, 5) is 4.87. The Balaban J connectivity index is 1.42. The molecule has 1 aliphatic heterocycles. The second kappa shape index (κ2) is 9.80. The number of nitrogen functional groups attached to an aromatic ring is 1. The number of nitrogens with zero attached hydrogens (tertiary/aromatic N) is 2. The third-order valence-corrected chi connectivity index (χ3v) is 5.86. The van der Waals surface area contributed by atoms with Gasteiger partial charge in [-0.1, -0.05) is 55.5 Å². The molecule has 3 aromatic carbocycles. The van der Waals surface area contributed by atoms with Crippen LogP contribution in [-0.2, 0) is 6.54 Å². The quantitative estimate of drug-likeness (QED) is 0.415. The maximum atomic E-state index is 13.1. The van der Waals surface area contributed by atoms with Gasteiger partial charge in [0.05, 0.1) is 0 Å². The van der Waals surface area contributed by atoms with Crippen LogP contribution in [0.2, 0.25) is 0 Å². The van der Waals surface area contributed by atoms with Crippen LogP contribution in [0.5, 0.6) is 0 Å². The van der Waals surface area contributed by atoms with Gasteiger partial charge in [0.1, 0.15) is 5.82 Å². The van der Waals surface area contributed by atoms with E-state index in [1.807, 2.05) is 24.3 Å². The zero-order valence-corrected chi connectivity index (χ0v) is 18.1.